The van der Waals surface area contributed by atoms with Crippen molar-refractivity contribution in [1.29, 1.82) is 0 Å². The number of fused-ring (bicyclic) bond motifs is 4. The maximum Gasteiger partial charge on any atom is 0.0712 e. The van der Waals surface area contributed by atoms with Crippen LogP contribution in [-0.4, -0.2) is 4.98 Å². The molecule has 0 aliphatic heterocycles. The lowest BCUT2D eigenvalue weighted by molar-refractivity contribution is 0.660. The van der Waals surface area contributed by atoms with E-state index in [9.17, 15) is 0 Å². The number of aromatic nitrogens is 1. The molecule has 1 heteroatoms. The van der Waals surface area contributed by atoms with Gasteiger partial charge in [0.25, 0.3) is 0 Å². The van der Waals surface area contributed by atoms with E-state index in [0.29, 0.717) is 0 Å². The number of rotatable bonds is 5. The Kier molecular flexibility index (Phi) is 4.93. The molecule has 0 atom stereocenters. The molecule has 1 aliphatic rings. The van der Waals surface area contributed by atoms with Crippen molar-refractivity contribution in [3.63, 3.8) is 0 Å². The second-order valence-corrected chi connectivity index (χ2v) is 9.41. The molecule has 0 amide bonds. The molecule has 0 N–H and O–H groups in total. The van der Waals surface area contributed by atoms with Crippen molar-refractivity contribution in [2.75, 3.05) is 0 Å². The maximum atomic E-state index is 5.15. The van der Waals surface area contributed by atoms with Gasteiger partial charge < -0.3 is 0 Å². The Morgan fingerprint density at radius 3 is 2.39 bits per heavy atom. The summed E-state index contributed by atoms with van der Waals surface area (Å²) in [7, 11) is 0. The molecule has 1 nitrogen and oxygen atoms in total. The second kappa shape index (κ2) is 7.64. The van der Waals surface area contributed by atoms with Gasteiger partial charge in [0.05, 0.1) is 11.2 Å². The van der Waals surface area contributed by atoms with Gasteiger partial charge in [0.1, 0.15) is 0 Å². The maximum absolute atomic E-state index is 5.15. The minimum Gasteiger partial charge on any atom is -0.248 e. The van der Waals surface area contributed by atoms with Crippen LogP contribution in [0.5, 0.6) is 0 Å². The first kappa shape index (κ1) is 20.0. The lowest BCUT2D eigenvalue weighted by atomic mass is 9.81. The molecule has 5 rings (SSSR count). The third kappa shape index (κ3) is 3.28. The smallest absolute Gasteiger partial charge is 0.0712 e. The topological polar surface area (TPSA) is 12.9 Å². The van der Waals surface area contributed by atoms with E-state index in [1.165, 1.54) is 57.2 Å². The zero-order valence-corrected chi connectivity index (χ0v) is 19.1. The number of aryl methyl sites for hydroxylation is 2. The van der Waals surface area contributed by atoms with Crippen LogP contribution < -0.4 is 0 Å². The zero-order chi connectivity index (χ0) is 21.6. The van der Waals surface area contributed by atoms with Crippen LogP contribution in [0.1, 0.15) is 62.8 Å². The minimum absolute atomic E-state index is 0.0110. The van der Waals surface area contributed by atoms with E-state index < -0.39 is 0 Å². The van der Waals surface area contributed by atoms with Crippen molar-refractivity contribution in [3.8, 4) is 22.4 Å². The fourth-order valence-electron chi connectivity index (χ4n) is 5.17. The number of hydrogen-bond acceptors (Lipinski definition) is 1. The predicted molar refractivity (Wildman–Crippen MR) is 133 cm³/mol. The van der Waals surface area contributed by atoms with Gasteiger partial charge in [0.15, 0.2) is 0 Å². The summed E-state index contributed by atoms with van der Waals surface area (Å²) in [5, 5.41) is 1.22. The lowest BCUT2D eigenvalue weighted by Crippen LogP contribution is -2.15. The van der Waals surface area contributed by atoms with E-state index in [0.717, 1.165) is 24.1 Å². The molecule has 0 saturated carbocycles. The predicted octanol–water partition coefficient (Wildman–Crippen LogP) is 8.11. The van der Waals surface area contributed by atoms with Gasteiger partial charge in [-0.05, 0) is 70.8 Å². The van der Waals surface area contributed by atoms with Crippen molar-refractivity contribution in [3.05, 3.63) is 89.0 Å². The van der Waals surface area contributed by atoms with Crippen LogP contribution in [0, 0.1) is 0 Å². The van der Waals surface area contributed by atoms with Crippen molar-refractivity contribution >= 4 is 10.9 Å². The molecule has 4 aromatic rings. The van der Waals surface area contributed by atoms with E-state index in [1.54, 1.807) is 0 Å². The van der Waals surface area contributed by atoms with Gasteiger partial charge in [-0.15, -0.1) is 0 Å². The van der Waals surface area contributed by atoms with Gasteiger partial charge in [-0.3, -0.25) is 0 Å². The Hall–Kier alpha value is -2.93. The van der Waals surface area contributed by atoms with Crippen molar-refractivity contribution in [1.82, 2.24) is 4.98 Å². The normalized spacial score (nSPS) is 13.9. The highest BCUT2D eigenvalue weighted by molar-refractivity contribution is 5.87. The zero-order valence-electron chi connectivity index (χ0n) is 19.1. The minimum atomic E-state index is 0.0110. The monoisotopic (exact) mass is 405 g/mol. The van der Waals surface area contributed by atoms with Crippen LogP contribution in [0.2, 0.25) is 0 Å². The number of hydrogen-bond donors (Lipinski definition) is 0. The van der Waals surface area contributed by atoms with Crippen LogP contribution in [0.3, 0.4) is 0 Å². The quantitative estimate of drug-likeness (QED) is 0.327. The Morgan fingerprint density at radius 2 is 1.58 bits per heavy atom. The van der Waals surface area contributed by atoms with Crippen molar-refractivity contribution in [2.24, 2.45) is 0 Å². The molecule has 156 valence electrons. The fraction of sp³-hybridized carbons (Fsp3) is 0.300. The molecular weight excluding hydrogens is 374 g/mol. The molecule has 0 unspecified atom stereocenters. The van der Waals surface area contributed by atoms with E-state index >= 15 is 0 Å². The standard InChI is InChI=1S/C30H31N/c1-5-7-10-20-13-14-22-15-16-28(31-29(22)17-20)24-19-27-25(18-21(24)6-2)23-11-8-9-12-26(23)30(27,3)4/h8-9,11-19H,5-7,10H2,1-4H3. The first-order valence-electron chi connectivity index (χ1n) is 11.7. The van der Waals surface area contributed by atoms with Crippen LogP contribution in [0.4, 0.5) is 0 Å². The lowest BCUT2D eigenvalue weighted by Gasteiger charge is -2.22. The van der Waals surface area contributed by atoms with Crippen molar-refractivity contribution < 1.29 is 0 Å². The average Bonchev–Trinajstić information content (AvgIpc) is 3.03. The third-order valence-corrected chi connectivity index (χ3v) is 7.04. The average molecular weight is 406 g/mol. The molecule has 1 aliphatic carbocycles. The van der Waals surface area contributed by atoms with Gasteiger partial charge in [0.2, 0.25) is 0 Å². The molecule has 0 spiro atoms. The number of benzene rings is 3. The van der Waals surface area contributed by atoms with E-state index in [4.69, 9.17) is 4.98 Å². The number of pyridine rings is 1. The summed E-state index contributed by atoms with van der Waals surface area (Å²) < 4.78 is 0. The Morgan fingerprint density at radius 1 is 0.774 bits per heavy atom. The summed E-state index contributed by atoms with van der Waals surface area (Å²) in [6, 6.07) is 24.9. The molecule has 31 heavy (non-hydrogen) atoms. The highest BCUT2D eigenvalue weighted by Crippen LogP contribution is 2.50. The summed E-state index contributed by atoms with van der Waals surface area (Å²) >= 11 is 0. The van der Waals surface area contributed by atoms with Gasteiger partial charge in [-0.25, -0.2) is 4.98 Å². The highest BCUT2D eigenvalue weighted by Gasteiger charge is 2.35. The summed E-state index contributed by atoms with van der Waals surface area (Å²) in [5.74, 6) is 0. The summed E-state index contributed by atoms with van der Waals surface area (Å²) in [4.78, 5) is 5.15. The molecule has 0 radical (unpaired) electrons. The van der Waals surface area contributed by atoms with E-state index in [-0.39, 0.29) is 5.41 Å². The molecular formula is C30H31N. The largest absolute Gasteiger partial charge is 0.248 e. The van der Waals surface area contributed by atoms with Crippen LogP contribution in [0.15, 0.2) is 66.7 Å². The number of nitrogens with zero attached hydrogens (tertiary/aromatic N) is 1. The van der Waals surface area contributed by atoms with Crippen LogP contribution in [0.25, 0.3) is 33.3 Å². The van der Waals surface area contributed by atoms with E-state index in [1.807, 2.05) is 0 Å². The summed E-state index contributed by atoms with van der Waals surface area (Å²) in [6.45, 7) is 9.19. The first-order valence-corrected chi connectivity index (χ1v) is 11.7. The second-order valence-electron chi connectivity index (χ2n) is 9.41. The highest BCUT2D eigenvalue weighted by atomic mass is 14.7. The first-order chi connectivity index (χ1) is 15.0. The van der Waals surface area contributed by atoms with Gasteiger partial charge in [-0.2, -0.15) is 0 Å². The Labute approximate surface area is 186 Å². The molecule has 0 bridgehead atoms. The van der Waals surface area contributed by atoms with Crippen molar-refractivity contribution in [2.45, 2.75) is 58.8 Å². The molecule has 1 aromatic heterocycles. The molecule has 0 fully saturated rings. The summed E-state index contributed by atoms with van der Waals surface area (Å²) in [5.41, 5.74) is 11.9. The van der Waals surface area contributed by atoms with E-state index in [2.05, 4.69) is 94.4 Å². The number of unbranched alkanes of at least 4 members (excludes halogenated alkanes) is 1. The van der Waals surface area contributed by atoms with Gasteiger partial charge in [-0.1, -0.05) is 82.6 Å². The van der Waals surface area contributed by atoms with Gasteiger partial charge >= 0.3 is 0 Å². The molecule has 0 saturated heterocycles. The Balaban J connectivity index is 1.66. The molecule has 3 aromatic carbocycles. The Bertz CT molecular complexity index is 1280. The summed E-state index contributed by atoms with van der Waals surface area (Å²) in [6.07, 6.45) is 4.58. The SMILES string of the molecule is CCCCc1ccc2ccc(-c3cc4c(cc3CC)-c3ccccc3C4(C)C)nc2c1. The third-order valence-electron chi connectivity index (χ3n) is 7.04. The van der Waals surface area contributed by atoms with Gasteiger partial charge in [0, 0.05) is 16.4 Å². The molecule has 1 heterocycles. The van der Waals surface area contributed by atoms with Crippen LogP contribution in [-0.2, 0) is 18.3 Å². The fourth-order valence-corrected chi connectivity index (χ4v) is 5.17. The van der Waals surface area contributed by atoms with Crippen LogP contribution >= 0.6 is 0 Å².